The first-order valence-corrected chi connectivity index (χ1v) is 5.88. The molecule has 0 radical (unpaired) electrons. The Morgan fingerprint density at radius 2 is 2.50 bits per heavy atom. The van der Waals surface area contributed by atoms with Crippen molar-refractivity contribution in [3.63, 3.8) is 0 Å². The minimum absolute atomic E-state index is 0.601. The minimum atomic E-state index is 0.601. The molecule has 0 saturated heterocycles. The zero-order valence-corrected chi connectivity index (χ0v) is 9.07. The van der Waals surface area contributed by atoms with Crippen molar-refractivity contribution in [2.75, 3.05) is 12.3 Å². The Bertz CT molecular complexity index is 308. The molecule has 14 heavy (non-hydrogen) atoms. The first kappa shape index (κ1) is 9.80. The quantitative estimate of drug-likeness (QED) is 0.741. The van der Waals surface area contributed by atoms with E-state index in [4.69, 9.17) is 5.73 Å². The SMILES string of the molecule is [CH2+]CCNC1CCc2nc(N)sc2C1. The summed E-state index contributed by atoms with van der Waals surface area (Å²) < 4.78 is 0. The highest BCUT2D eigenvalue weighted by molar-refractivity contribution is 7.15. The van der Waals surface area contributed by atoms with E-state index in [-0.39, 0.29) is 0 Å². The molecule has 76 valence electrons. The van der Waals surface area contributed by atoms with Gasteiger partial charge in [0, 0.05) is 17.5 Å². The Morgan fingerprint density at radius 3 is 3.29 bits per heavy atom. The van der Waals surface area contributed by atoms with Crippen molar-refractivity contribution in [2.24, 2.45) is 0 Å². The lowest BCUT2D eigenvalue weighted by atomic mass is 9.98. The van der Waals surface area contributed by atoms with Gasteiger partial charge in [0.05, 0.1) is 19.0 Å². The Hall–Kier alpha value is -0.740. The number of nitrogen functional groups attached to an aromatic ring is 1. The molecule has 1 heterocycles. The predicted molar refractivity (Wildman–Crippen MR) is 60.3 cm³/mol. The van der Waals surface area contributed by atoms with E-state index in [1.54, 1.807) is 11.3 Å². The van der Waals surface area contributed by atoms with Crippen LogP contribution in [0.2, 0.25) is 0 Å². The number of fused-ring (bicyclic) bond motifs is 1. The largest absolute Gasteiger partial charge is 0.375 e. The van der Waals surface area contributed by atoms with E-state index in [0.717, 1.165) is 25.8 Å². The average molecular weight is 210 g/mol. The third kappa shape index (κ3) is 2.01. The van der Waals surface area contributed by atoms with Gasteiger partial charge in [-0.2, -0.15) is 0 Å². The lowest BCUT2D eigenvalue weighted by Gasteiger charge is -2.21. The number of thiazole rings is 1. The fourth-order valence-electron chi connectivity index (χ4n) is 1.88. The van der Waals surface area contributed by atoms with Gasteiger partial charge in [-0.1, -0.05) is 0 Å². The maximum atomic E-state index is 5.68. The summed E-state index contributed by atoms with van der Waals surface area (Å²) in [5.74, 6) is 0. The van der Waals surface area contributed by atoms with Crippen LogP contribution in [0, 0.1) is 6.92 Å². The summed E-state index contributed by atoms with van der Waals surface area (Å²) >= 11 is 1.64. The van der Waals surface area contributed by atoms with E-state index in [9.17, 15) is 0 Å². The van der Waals surface area contributed by atoms with Gasteiger partial charge in [0.15, 0.2) is 5.13 Å². The van der Waals surface area contributed by atoms with Gasteiger partial charge in [-0.25, -0.2) is 4.98 Å². The number of rotatable bonds is 3. The third-order valence-electron chi connectivity index (χ3n) is 2.57. The molecule has 3 nitrogen and oxygen atoms in total. The van der Waals surface area contributed by atoms with Crippen molar-refractivity contribution in [1.82, 2.24) is 10.3 Å². The normalized spacial score (nSPS) is 20.7. The van der Waals surface area contributed by atoms with Crippen molar-refractivity contribution in [1.29, 1.82) is 0 Å². The molecule has 0 aliphatic heterocycles. The van der Waals surface area contributed by atoms with Crippen molar-refractivity contribution >= 4 is 16.5 Å². The van der Waals surface area contributed by atoms with Gasteiger partial charge in [0.1, 0.15) is 0 Å². The molecule has 1 aliphatic rings. The summed E-state index contributed by atoms with van der Waals surface area (Å²) in [6.45, 7) is 4.83. The van der Waals surface area contributed by atoms with E-state index in [0.29, 0.717) is 11.2 Å². The summed E-state index contributed by atoms with van der Waals surface area (Å²) in [5, 5.41) is 4.21. The molecule has 1 unspecified atom stereocenters. The lowest BCUT2D eigenvalue weighted by Crippen LogP contribution is -2.34. The van der Waals surface area contributed by atoms with Crippen LogP contribution in [-0.4, -0.2) is 17.6 Å². The van der Waals surface area contributed by atoms with E-state index in [1.807, 2.05) is 0 Å². The number of aryl methyl sites for hydroxylation is 1. The molecule has 0 bridgehead atoms. The summed E-state index contributed by atoms with van der Waals surface area (Å²) in [7, 11) is 0. The minimum Gasteiger partial charge on any atom is -0.375 e. The Labute approximate surface area is 88.7 Å². The van der Waals surface area contributed by atoms with Gasteiger partial charge < -0.3 is 11.1 Å². The zero-order valence-electron chi connectivity index (χ0n) is 8.25. The second kappa shape index (κ2) is 4.19. The van der Waals surface area contributed by atoms with Crippen molar-refractivity contribution in [3.05, 3.63) is 17.5 Å². The number of hydrogen-bond acceptors (Lipinski definition) is 4. The molecular weight excluding hydrogens is 194 g/mol. The monoisotopic (exact) mass is 210 g/mol. The highest BCUT2D eigenvalue weighted by Gasteiger charge is 2.21. The van der Waals surface area contributed by atoms with Crippen LogP contribution in [0.25, 0.3) is 0 Å². The van der Waals surface area contributed by atoms with Crippen molar-refractivity contribution in [3.8, 4) is 0 Å². The molecule has 2 rings (SSSR count). The standard InChI is InChI=1S/C10H16N3S/c1-2-5-12-7-3-4-8-9(6-7)14-10(11)13-8/h7,12H,1-6H2,(H2,11,13)/q+1. The second-order valence-corrected chi connectivity index (χ2v) is 4.78. The number of aromatic nitrogens is 1. The fourth-order valence-corrected chi connectivity index (χ4v) is 2.83. The number of hydrogen-bond donors (Lipinski definition) is 2. The van der Waals surface area contributed by atoms with E-state index in [2.05, 4.69) is 17.2 Å². The van der Waals surface area contributed by atoms with Crippen LogP contribution in [-0.2, 0) is 12.8 Å². The number of nitrogens with one attached hydrogen (secondary N) is 1. The first-order chi connectivity index (χ1) is 6.79. The van der Waals surface area contributed by atoms with Crippen LogP contribution in [0.4, 0.5) is 5.13 Å². The van der Waals surface area contributed by atoms with Crippen LogP contribution in [0.1, 0.15) is 23.4 Å². The molecule has 0 saturated carbocycles. The van der Waals surface area contributed by atoms with Crippen LogP contribution in [0.3, 0.4) is 0 Å². The summed E-state index contributed by atoms with van der Waals surface area (Å²) in [4.78, 5) is 5.69. The molecule has 1 aromatic heterocycles. The molecule has 0 spiro atoms. The van der Waals surface area contributed by atoms with Crippen LogP contribution >= 0.6 is 11.3 Å². The number of nitrogens with two attached hydrogens (primary N) is 1. The van der Waals surface area contributed by atoms with Crippen molar-refractivity contribution in [2.45, 2.75) is 31.7 Å². The van der Waals surface area contributed by atoms with Gasteiger partial charge in [-0.3, -0.25) is 0 Å². The highest BCUT2D eigenvalue weighted by atomic mass is 32.1. The van der Waals surface area contributed by atoms with Gasteiger partial charge >= 0.3 is 0 Å². The summed E-state index contributed by atoms with van der Waals surface area (Å²) in [5.41, 5.74) is 6.90. The van der Waals surface area contributed by atoms with Crippen LogP contribution < -0.4 is 11.1 Å². The molecule has 0 fully saturated rings. The second-order valence-electron chi connectivity index (χ2n) is 3.67. The smallest absolute Gasteiger partial charge is 0.180 e. The average Bonchev–Trinajstić information content (AvgIpc) is 2.54. The maximum absolute atomic E-state index is 5.68. The Kier molecular flexibility index (Phi) is 2.93. The highest BCUT2D eigenvalue weighted by Crippen LogP contribution is 2.27. The lowest BCUT2D eigenvalue weighted by molar-refractivity contribution is 0.464. The van der Waals surface area contributed by atoms with Gasteiger partial charge in [0.25, 0.3) is 0 Å². The summed E-state index contributed by atoms with van der Waals surface area (Å²) in [6.07, 6.45) is 4.28. The van der Waals surface area contributed by atoms with E-state index < -0.39 is 0 Å². The molecule has 0 aromatic carbocycles. The number of anilines is 1. The van der Waals surface area contributed by atoms with Crippen molar-refractivity contribution < 1.29 is 0 Å². The summed E-state index contributed by atoms with van der Waals surface area (Å²) in [6, 6.07) is 0.601. The fraction of sp³-hybridized carbons (Fsp3) is 0.600. The van der Waals surface area contributed by atoms with E-state index >= 15 is 0 Å². The molecule has 4 heteroatoms. The maximum Gasteiger partial charge on any atom is 0.180 e. The van der Waals surface area contributed by atoms with E-state index in [1.165, 1.54) is 17.0 Å². The Balaban J connectivity index is 1.98. The molecule has 1 aromatic rings. The zero-order chi connectivity index (χ0) is 9.97. The predicted octanol–water partition coefficient (Wildman–Crippen LogP) is 1.40. The van der Waals surface area contributed by atoms with Crippen LogP contribution in [0.15, 0.2) is 0 Å². The van der Waals surface area contributed by atoms with Gasteiger partial charge in [-0.15, -0.1) is 11.3 Å². The molecule has 3 N–H and O–H groups in total. The molecule has 1 atom stereocenters. The molecule has 0 amide bonds. The molecular formula is C10H16N3S+. The first-order valence-electron chi connectivity index (χ1n) is 5.06. The van der Waals surface area contributed by atoms with Crippen LogP contribution in [0.5, 0.6) is 0 Å². The Morgan fingerprint density at radius 1 is 1.64 bits per heavy atom. The van der Waals surface area contributed by atoms with Gasteiger partial charge in [0.2, 0.25) is 0 Å². The van der Waals surface area contributed by atoms with Gasteiger partial charge in [-0.05, 0) is 19.3 Å². The number of nitrogens with zero attached hydrogens (tertiary/aromatic N) is 1. The third-order valence-corrected chi connectivity index (χ3v) is 3.52. The molecule has 1 aliphatic carbocycles. The topological polar surface area (TPSA) is 50.9 Å².